The Balaban J connectivity index is 1.64. The Morgan fingerprint density at radius 1 is 1.19 bits per heavy atom. The highest BCUT2D eigenvalue weighted by Gasteiger charge is 2.23. The Kier molecular flexibility index (Phi) is 5.56. The van der Waals surface area contributed by atoms with Crippen LogP contribution in [-0.2, 0) is 16.0 Å². The number of carbonyl (C=O) groups excluding carboxylic acids is 2. The maximum absolute atomic E-state index is 12.2. The molecule has 0 atom stereocenters. The van der Waals surface area contributed by atoms with Crippen LogP contribution in [0.15, 0.2) is 42.5 Å². The van der Waals surface area contributed by atoms with Crippen molar-refractivity contribution >= 4 is 23.2 Å². The number of aryl methyl sites for hydroxylation is 2. The van der Waals surface area contributed by atoms with Crippen molar-refractivity contribution in [2.24, 2.45) is 0 Å². The number of carbonyl (C=O) groups is 2. The molecule has 0 radical (unpaired) electrons. The van der Waals surface area contributed by atoms with Gasteiger partial charge in [-0.15, -0.1) is 0 Å². The number of hydrogen-bond donors (Lipinski definition) is 1. The number of hydrogen-bond acceptors (Lipinski definition) is 3. The van der Waals surface area contributed by atoms with E-state index in [1.807, 2.05) is 54.3 Å². The molecular weight excluding hydrogens is 328 g/mol. The molecule has 1 aliphatic rings. The number of benzene rings is 2. The second-order valence-corrected chi connectivity index (χ2v) is 6.49. The van der Waals surface area contributed by atoms with Crippen molar-refractivity contribution in [3.63, 3.8) is 0 Å². The highest BCUT2D eigenvalue weighted by atomic mass is 16.5. The molecule has 0 bridgehead atoms. The summed E-state index contributed by atoms with van der Waals surface area (Å²) in [5, 5.41) is 2.87. The molecular formula is C21H24N2O3. The molecule has 0 unspecified atom stereocenters. The minimum absolute atomic E-state index is 0.0393. The summed E-state index contributed by atoms with van der Waals surface area (Å²) in [5.74, 6) is 0.676. The summed E-state index contributed by atoms with van der Waals surface area (Å²) in [6.45, 7) is 4.69. The summed E-state index contributed by atoms with van der Waals surface area (Å²) >= 11 is 0. The van der Waals surface area contributed by atoms with Crippen LogP contribution in [-0.4, -0.2) is 25.0 Å². The van der Waals surface area contributed by atoms with Gasteiger partial charge in [-0.2, -0.15) is 0 Å². The molecule has 5 nitrogen and oxygen atoms in total. The number of para-hydroxylation sites is 1. The zero-order valence-corrected chi connectivity index (χ0v) is 15.2. The van der Waals surface area contributed by atoms with Gasteiger partial charge in [-0.1, -0.05) is 25.1 Å². The molecule has 1 N–H and O–H groups in total. The van der Waals surface area contributed by atoms with E-state index in [9.17, 15) is 9.59 Å². The van der Waals surface area contributed by atoms with Gasteiger partial charge in [0.15, 0.2) is 6.61 Å². The second kappa shape index (κ2) is 8.04. The first kappa shape index (κ1) is 18.0. The van der Waals surface area contributed by atoms with Crippen molar-refractivity contribution in [1.82, 2.24) is 0 Å². The molecule has 3 rings (SSSR count). The first-order chi connectivity index (χ1) is 12.6. The Hall–Kier alpha value is -2.82. The minimum atomic E-state index is -0.203. The lowest BCUT2D eigenvalue weighted by molar-refractivity contribution is -0.119. The maximum Gasteiger partial charge on any atom is 0.262 e. The third-order valence-electron chi connectivity index (χ3n) is 4.46. The van der Waals surface area contributed by atoms with Gasteiger partial charge in [-0.25, -0.2) is 0 Å². The van der Waals surface area contributed by atoms with Crippen molar-refractivity contribution in [3.05, 3.63) is 53.6 Å². The van der Waals surface area contributed by atoms with Crippen molar-refractivity contribution in [2.75, 3.05) is 23.4 Å². The maximum atomic E-state index is 12.2. The second-order valence-electron chi connectivity index (χ2n) is 6.49. The topological polar surface area (TPSA) is 58.6 Å². The van der Waals surface area contributed by atoms with E-state index < -0.39 is 0 Å². The molecule has 0 fully saturated rings. The average molecular weight is 352 g/mol. The lowest BCUT2D eigenvalue weighted by Gasteiger charge is -2.29. The fourth-order valence-electron chi connectivity index (χ4n) is 3.17. The number of rotatable bonds is 6. The van der Waals surface area contributed by atoms with E-state index in [1.165, 1.54) is 0 Å². The first-order valence-corrected chi connectivity index (χ1v) is 9.00. The minimum Gasteiger partial charge on any atom is -0.483 e. The molecule has 0 spiro atoms. The summed E-state index contributed by atoms with van der Waals surface area (Å²) < 4.78 is 5.58. The molecule has 26 heavy (non-hydrogen) atoms. The van der Waals surface area contributed by atoms with Crippen LogP contribution in [0.2, 0.25) is 0 Å². The molecule has 136 valence electrons. The molecule has 2 aromatic rings. The van der Waals surface area contributed by atoms with E-state index >= 15 is 0 Å². The third kappa shape index (κ3) is 4.04. The van der Waals surface area contributed by atoms with Crippen LogP contribution in [0.25, 0.3) is 0 Å². The van der Waals surface area contributed by atoms with Crippen LogP contribution in [0.1, 0.15) is 30.9 Å². The number of fused-ring (bicyclic) bond motifs is 1. The number of amides is 2. The summed E-state index contributed by atoms with van der Waals surface area (Å²) in [6, 6.07) is 13.3. The van der Waals surface area contributed by atoms with Crippen LogP contribution in [0, 0.1) is 6.92 Å². The van der Waals surface area contributed by atoms with E-state index in [2.05, 4.69) is 12.2 Å². The Bertz CT molecular complexity index is 817. The Morgan fingerprint density at radius 2 is 2.00 bits per heavy atom. The third-order valence-corrected chi connectivity index (χ3v) is 4.46. The molecule has 0 aliphatic carbocycles. The summed E-state index contributed by atoms with van der Waals surface area (Å²) in [7, 11) is 0. The number of ether oxygens (including phenoxy) is 1. The zero-order chi connectivity index (χ0) is 18.5. The standard InChI is InChI=1S/C21H24N2O3/c1-3-12-23-18-10-9-17(13-16(18)8-11-21(23)25)22-20(24)14-26-19-7-5-4-6-15(19)2/h4-7,9-10,13H,3,8,11-12,14H2,1-2H3,(H,22,24). The number of anilines is 2. The van der Waals surface area contributed by atoms with Crippen LogP contribution in [0.5, 0.6) is 5.75 Å². The normalized spacial score (nSPS) is 13.3. The van der Waals surface area contributed by atoms with E-state index in [1.54, 1.807) is 0 Å². The monoisotopic (exact) mass is 352 g/mol. The fourth-order valence-corrected chi connectivity index (χ4v) is 3.17. The number of nitrogens with zero attached hydrogens (tertiary/aromatic N) is 1. The molecule has 5 heteroatoms. The molecule has 1 aliphatic heterocycles. The molecule has 1 heterocycles. The highest BCUT2D eigenvalue weighted by Crippen LogP contribution is 2.30. The van der Waals surface area contributed by atoms with Gasteiger partial charge >= 0.3 is 0 Å². The number of nitrogens with one attached hydrogen (secondary N) is 1. The largest absolute Gasteiger partial charge is 0.483 e. The quantitative estimate of drug-likeness (QED) is 0.862. The zero-order valence-electron chi connectivity index (χ0n) is 15.2. The van der Waals surface area contributed by atoms with E-state index in [4.69, 9.17) is 4.74 Å². The van der Waals surface area contributed by atoms with Gasteiger partial charge in [0.2, 0.25) is 5.91 Å². The van der Waals surface area contributed by atoms with Crippen LogP contribution in [0.3, 0.4) is 0 Å². The summed E-state index contributed by atoms with van der Waals surface area (Å²) in [6.07, 6.45) is 2.14. The average Bonchev–Trinajstić information content (AvgIpc) is 2.63. The van der Waals surface area contributed by atoms with Gasteiger partial charge in [-0.3, -0.25) is 9.59 Å². The van der Waals surface area contributed by atoms with E-state index in [0.29, 0.717) is 18.6 Å². The van der Waals surface area contributed by atoms with Gasteiger partial charge in [0.05, 0.1) is 0 Å². The van der Waals surface area contributed by atoms with Crippen LogP contribution >= 0.6 is 0 Å². The van der Waals surface area contributed by atoms with Gasteiger partial charge in [0.1, 0.15) is 5.75 Å². The molecule has 0 saturated heterocycles. The molecule has 2 amide bonds. The van der Waals surface area contributed by atoms with Crippen LogP contribution in [0.4, 0.5) is 11.4 Å². The molecule has 0 aromatic heterocycles. The predicted octanol–water partition coefficient (Wildman–Crippen LogP) is 3.70. The van der Waals surface area contributed by atoms with E-state index in [0.717, 1.165) is 35.5 Å². The fraction of sp³-hybridized carbons (Fsp3) is 0.333. The van der Waals surface area contributed by atoms with Crippen LogP contribution < -0.4 is 15.0 Å². The highest BCUT2D eigenvalue weighted by molar-refractivity contribution is 5.97. The molecule has 0 saturated carbocycles. The van der Waals surface area contributed by atoms with Crippen molar-refractivity contribution in [1.29, 1.82) is 0 Å². The predicted molar refractivity (Wildman–Crippen MR) is 103 cm³/mol. The summed E-state index contributed by atoms with van der Waals surface area (Å²) in [4.78, 5) is 26.1. The smallest absolute Gasteiger partial charge is 0.262 e. The van der Waals surface area contributed by atoms with Crippen molar-refractivity contribution in [2.45, 2.75) is 33.1 Å². The van der Waals surface area contributed by atoms with Gasteiger partial charge in [-0.05, 0) is 55.2 Å². The lowest BCUT2D eigenvalue weighted by Crippen LogP contribution is -2.35. The Labute approximate surface area is 154 Å². The lowest BCUT2D eigenvalue weighted by atomic mass is 10.00. The summed E-state index contributed by atoms with van der Waals surface area (Å²) in [5.41, 5.74) is 3.77. The Morgan fingerprint density at radius 3 is 2.77 bits per heavy atom. The van der Waals surface area contributed by atoms with E-state index in [-0.39, 0.29) is 18.4 Å². The van der Waals surface area contributed by atoms with Gasteiger partial charge < -0.3 is 15.0 Å². The van der Waals surface area contributed by atoms with Gasteiger partial charge in [0, 0.05) is 24.3 Å². The van der Waals surface area contributed by atoms with Gasteiger partial charge in [0.25, 0.3) is 5.91 Å². The van der Waals surface area contributed by atoms with Crippen molar-refractivity contribution in [3.8, 4) is 5.75 Å². The first-order valence-electron chi connectivity index (χ1n) is 9.00. The molecule has 2 aromatic carbocycles. The van der Waals surface area contributed by atoms with Crippen molar-refractivity contribution < 1.29 is 14.3 Å². The SMILES string of the molecule is CCCN1C(=O)CCc2cc(NC(=O)COc3ccccc3C)ccc21.